The Balaban J connectivity index is 1.60. The van der Waals surface area contributed by atoms with Crippen molar-refractivity contribution >= 4 is 12.1 Å². The Morgan fingerprint density at radius 2 is 1.54 bits per heavy atom. The molecule has 0 heterocycles. The lowest BCUT2D eigenvalue weighted by Gasteiger charge is -2.19. The zero-order valence-electron chi connectivity index (χ0n) is 16.2. The fourth-order valence-electron chi connectivity index (χ4n) is 4.02. The van der Waals surface area contributed by atoms with Gasteiger partial charge < -0.3 is 0 Å². The van der Waals surface area contributed by atoms with Crippen molar-refractivity contribution in [1.82, 2.24) is 5.43 Å². The Morgan fingerprint density at radius 1 is 0.929 bits per heavy atom. The van der Waals surface area contributed by atoms with E-state index in [1.807, 2.05) is 30.3 Å². The number of amides is 1. The summed E-state index contributed by atoms with van der Waals surface area (Å²) < 4.78 is 0. The van der Waals surface area contributed by atoms with Gasteiger partial charge in [0.1, 0.15) is 0 Å². The normalized spacial score (nSPS) is 17.4. The van der Waals surface area contributed by atoms with Crippen molar-refractivity contribution in [2.24, 2.45) is 11.0 Å². The maximum atomic E-state index is 12.9. The molecule has 1 saturated carbocycles. The van der Waals surface area contributed by atoms with Crippen LogP contribution in [0.25, 0.3) is 0 Å². The van der Waals surface area contributed by atoms with E-state index in [0.717, 1.165) is 12.0 Å². The van der Waals surface area contributed by atoms with E-state index in [0.29, 0.717) is 0 Å². The number of carbonyl (C=O) groups excluding carboxylic acids is 1. The molecule has 1 amide bonds. The summed E-state index contributed by atoms with van der Waals surface area (Å²) in [7, 11) is 0. The van der Waals surface area contributed by atoms with Crippen LogP contribution in [-0.2, 0) is 10.2 Å². The van der Waals surface area contributed by atoms with Crippen molar-refractivity contribution in [2.45, 2.75) is 25.7 Å². The van der Waals surface area contributed by atoms with Gasteiger partial charge in [-0.05, 0) is 37.0 Å². The SMILES string of the molecule is Cc1cccc(C2(c3cccc(C)c3)CC2C(=O)N/N=C\c2ccccc2)c1. The highest BCUT2D eigenvalue weighted by molar-refractivity contribution is 5.87. The quantitative estimate of drug-likeness (QED) is 0.512. The molecule has 3 aromatic carbocycles. The fourth-order valence-corrected chi connectivity index (χ4v) is 4.02. The molecule has 3 nitrogen and oxygen atoms in total. The van der Waals surface area contributed by atoms with Gasteiger partial charge in [-0.25, -0.2) is 5.43 Å². The molecule has 4 rings (SSSR count). The third kappa shape index (κ3) is 3.48. The summed E-state index contributed by atoms with van der Waals surface area (Å²) in [5.74, 6) is -0.154. The molecule has 3 aromatic rings. The first kappa shape index (κ1) is 18.2. The minimum absolute atomic E-state index is 0.0322. The average molecular weight is 368 g/mol. The van der Waals surface area contributed by atoms with Gasteiger partial charge in [-0.15, -0.1) is 0 Å². The monoisotopic (exact) mass is 368 g/mol. The largest absolute Gasteiger partial charge is 0.273 e. The third-order valence-corrected chi connectivity index (χ3v) is 5.53. The highest BCUT2D eigenvalue weighted by Gasteiger charge is 2.60. The number of hydrazone groups is 1. The maximum Gasteiger partial charge on any atom is 0.244 e. The Kier molecular flexibility index (Phi) is 4.82. The maximum absolute atomic E-state index is 12.9. The summed E-state index contributed by atoms with van der Waals surface area (Å²) in [6, 6.07) is 26.8. The van der Waals surface area contributed by atoms with E-state index >= 15 is 0 Å². The Bertz CT molecular complexity index is 978. The molecule has 3 heteroatoms. The predicted molar refractivity (Wildman–Crippen MR) is 113 cm³/mol. The first-order valence-electron chi connectivity index (χ1n) is 9.62. The number of aryl methyl sites for hydroxylation is 2. The van der Waals surface area contributed by atoms with Crippen LogP contribution in [0.4, 0.5) is 0 Å². The van der Waals surface area contributed by atoms with Gasteiger partial charge in [-0.2, -0.15) is 5.10 Å². The number of hydrogen-bond donors (Lipinski definition) is 1. The lowest BCUT2D eigenvalue weighted by Crippen LogP contribution is -2.25. The van der Waals surface area contributed by atoms with E-state index in [1.54, 1.807) is 6.21 Å². The predicted octanol–water partition coefficient (Wildman–Crippen LogP) is 4.76. The van der Waals surface area contributed by atoms with Crippen LogP contribution in [0.5, 0.6) is 0 Å². The smallest absolute Gasteiger partial charge is 0.244 e. The molecular formula is C25H24N2O. The summed E-state index contributed by atoms with van der Waals surface area (Å²) in [5, 5.41) is 4.17. The number of benzene rings is 3. The van der Waals surface area contributed by atoms with Crippen LogP contribution in [-0.4, -0.2) is 12.1 Å². The highest BCUT2D eigenvalue weighted by atomic mass is 16.2. The topological polar surface area (TPSA) is 41.5 Å². The third-order valence-electron chi connectivity index (χ3n) is 5.53. The highest BCUT2D eigenvalue weighted by Crippen LogP contribution is 2.59. The Morgan fingerprint density at radius 3 is 2.11 bits per heavy atom. The molecule has 140 valence electrons. The molecule has 1 atom stereocenters. The summed E-state index contributed by atoms with van der Waals surface area (Å²) in [4.78, 5) is 12.9. The van der Waals surface area contributed by atoms with E-state index in [4.69, 9.17) is 0 Å². The number of hydrogen-bond acceptors (Lipinski definition) is 2. The van der Waals surface area contributed by atoms with Crippen LogP contribution < -0.4 is 5.43 Å². The van der Waals surface area contributed by atoms with Crippen molar-refractivity contribution in [3.63, 3.8) is 0 Å². The van der Waals surface area contributed by atoms with Gasteiger partial charge in [0.2, 0.25) is 5.91 Å². The van der Waals surface area contributed by atoms with E-state index < -0.39 is 0 Å². The lowest BCUT2D eigenvalue weighted by molar-refractivity contribution is -0.122. The summed E-state index contributed by atoms with van der Waals surface area (Å²) in [6.07, 6.45) is 2.48. The molecule has 0 saturated heterocycles. The average Bonchev–Trinajstić information content (AvgIpc) is 3.46. The summed E-state index contributed by atoms with van der Waals surface area (Å²) in [6.45, 7) is 4.18. The second-order valence-electron chi connectivity index (χ2n) is 7.61. The van der Waals surface area contributed by atoms with Crippen molar-refractivity contribution in [1.29, 1.82) is 0 Å². The van der Waals surface area contributed by atoms with Gasteiger partial charge in [-0.3, -0.25) is 4.79 Å². The summed E-state index contributed by atoms with van der Waals surface area (Å²) >= 11 is 0. The molecule has 0 bridgehead atoms. The molecule has 1 aliphatic rings. The van der Waals surface area contributed by atoms with Crippen LogP contribution in [0.15, 0.2) is 84.0 Å². The van der Waals surface area contributed by atoms with Gasteiger partial charge in [0.15, 0.2) is 0 Å². The van der Waals surface area contributed by atoms with E-state index in [1.165, 1.54) is 22.3 Å². The molecule has 1 N–H and O–H groups in total. The zero-order chi connectivity index (χ0) is 19.6. The number of nitrogens with zero attached hydrogens (tertiary/aromatic N) is 1. The van der Waals surface area contributed by atoms with Gasteiger partial charge >= 0.3 is 0 Å². The zero-order valence-corrected chi connectivity index (χ0v) is 16.2. The lowest BCUT2D eigenvalue weighted by atomic mass is 9.84. The molecule has 0 radical (unpaired) electrons. The molecule has 0 aliphatic heterocycles. The first-order chi connectivity index (χ1) is 13.6. The number of rotatable bonds is 5. The number of carbonyl (C=O) groups is 1. The van der Waals surface area contributed by atoms with Crippen LogP contribution >= 0.6 is 0 Å². The minimum atomic E-state index is -0.273. The standard InChI is InChI=1S/C25H24N2O/c1-18-8-6-12-21(14-18)25(22-13-7-9-19(2)15-22)16-23(25)24(28)27-26-17-20-10-4-3-5-11-20/h3-15,17,23H,16H2,1-2H3,(H,27,28)/b26-17-. The van der Waals surface area contributed by atoms with Crippen LogP contribution in [0.3, 0.4) is 0 Å². The Hall–Kier alpha value is -3.20. The fraction of sp³-hybridized carbons (Fsp3) is 0.200. The van der Waals surface area contributed by atoms with E-state index in [2.05, 4.69) is 72.9 Å². The second-order valence-corrected chi connectivity index (χ2v) is 7.61. The van der Waals surface area contributed by atoms with Crippen molar-refractivity contribution in [2.75, 3.05) is 0 Å². The molecule has 1 unspecified atom stereocenters. The van der Waals surface area contributed by atoms with E-state index in [9.17, 15) is 4.79 Å². The molecule has 28 heavy (non-hydrogen) atoms. The van der Waals surface area contributed by atoms with Crippen molar-refractivity contribution < 1.29 is 4.79 Å². The second kappa shape index (κ2) is 7.43. The molecular weight excluding hydrogens is 344 g/mol. The number of nitrogens with one attached hydrogen (secondary N) is 1. The Labute approximate surface area is 166 Å². The van der Waals surface area contributed by atoms with Crippen molar-refractivity contribution in [3.8, 4) is 0 Å². The van der Waals surface area contributed by atoms with Gasteiger partial charge in [0.05, 0.1) is 12.1 Å². The van der Waals surface area contributed by atoms with E-state index in [-0.39, 0.29) is 17.2 Å². The minimum Gasteiger partial charge on any atom is -0.273 e. The van der Waals surface area contributed by atoms with Crippen LogP contribution in [0.2, 0.25) is 0 Å². The molecule has 1 aliphatic carbocycles. The molecule has 0 spiro atoms. The van der Waals surface area contributed by atoms with Gasteiger partial charge in [0.25, 0.3) is 0 Å². The van der Waals surface area contributed by atoms with Crippen molar-refractivity contribution in [3.05, 3.63) is 107 Å². The van der Waals surface area contributed by atoms with Crippen LogP contribution in [0, 0.1) is 19.8 Å². The summed E-state index contributed by atoms with van der Waals surface area (Å²) in [5.41, 5.74) is 8.25. The first-order valence-corrected chi connectivity index (χ1v) is 9.62. The van der Waals surface area contributed by atoms with Crippen LogP contribution in [0.1, 0.15) is 34.2 Å². The molecule has 0 aromatic heterocycles. The molecule has 1 fully saturated rings. The van der Waals surface area contributed by atoms with Gasteiger partial charge in [-0.1, -0.05) is 90.0 Å². The van der Waals surface area contributed by atoms with Gasteiger partial charge in [0, 0.05) is 5.41 Å².